The smallest absolute Gasteiger partial charge is 0.241 e. The van der Waals surface area contributed by atoms with Crippen molar-refractivity contribution in [3.8, 4) is 0 Å². The number of aliphatic hydroxyl groups is 1. The third-order valence-electron chi connectivity index (χ3n) is 9.64. The summed E-state index contributed by atoms with van der Waals surface area (Å²) in [6.07, 6.45) is 2.36. The number of halogens is 2. The van der Waals surface area contributed by atoms with Gasteiger partial charge in [0.2, 0.25) is 6.43 Å². The molecule has 4 fully saturated rings. The van der Waals surface area contributed by atoms with Crippen LogP contribution in [0, 0.1) is 40.4 Å². The van der Waals surface area contributed by atoms with E-state index in [-0.39, 0.29) is 34.7 Å². The van der Waals surface area contributed by atoms with Gasteiger partial charge in [0, 0.05) is 24.2 Å². The third-order valence-corrected chi connectivity index (χ3v) is 9.64. The summed E-state index contributed by atoms with van der Waals surface area (Å²) >= 11 is 0. The maximum atomic E-state index is 14.1. The molecule has 0 saturated heterocycles. The van der Waals surface area contributed by atoms with Gasteiger partial charge >= 0.3 is 0 Å². The molecule has 4 saturated carbocycles. The first-order valence-electron chi connectivity index (χ1n) is 10.6. The van der Waals surface area contributed by atoms with Gasteiger partial charge in [-0.25, -0.2) is 8.78 Å². The molecule has 0 aliphatic heterocycles. The first kappa shape index (κ1) is 19.5. The Balaban J connectivity index is 1.73. The van der Waals surface area contributed by atoms with Crippen LogP contribution < -0.4 is 0 Å². The van der Waals surface area contributed by atoms with Crippen molar-refractivity contribution in [2.75, 3.05) is 0 Å². The summed E-state index contributed by atoms with van der Waals surface area (Å²) < 4.78 is 28.1. The van der Waals surface area contributed by atoms with Crippen molar-refractivity contribution < 1.29 is 23.5 Å². The Hall–Kier alpha value is -0.840. The molecule has 5 heteroatoms. The molecule has 4 rings (SSSR count). The monoisotopic (exact) mass is 382 g/mol. The Morgan fingerprint density at radius 2 is 1.78 bits per heavy atom. The van der Waals surface area contributed by atoms with Crippen LogP contribution in [0.2, 0.25) is 0 Å². The number of hydrogen-bond acceptors (Lipinski definition) is 3. The molecule has 152 valence electrons. The van der Waals surface area contributed by atoms with E-state index >= 15 is 0 Å². The molecule has 0 amide bonds. The van der Waals surface area contributed by atoms with Crippen LogP contribution in [0.15, 0.2) is 0 Å². The molecule has 0 unspecified atom stereocenters. The molecule has 1 N–H and O–H groups in total. The molecule has 0 heterocycles. The fourth-order valence-corrected chi connectivity index (χ4v) is 8.06. The van der Waals surface area contributed by atoms with Crippen LogP contribution >= 0.6 is 0 Å². The maximum Gasteiger partial charge on any atom is 0.241 e. The topological polar surface area (TPSA) is 54.4 Å². The average Bonchev–Trinajstić information content (AvgIpc) is 2.88. The van der Waals surface area contributed by atoms with Crippen LogP contribution in [0.1, 0.15) is 72.1 Å². The van der Waals surface area contributed by atoms with E-state index in [0.717, 1.165) is 19.3 Å². The number of hydrogen-bond donors (Lipinski definition) is 1. The van der Waals surface area contributed by atoms with Crippen LogP contribution in [-0.4, -0.2) is 28.7 Å². The molecule has 0 spiro atoms. The lowest BCUT2D eigenvalue weighted by atomic mass is 9.42. The van der Waals surface area contributed by atoms with E-state index in [9.17, 15) is 23.5 Å². The molecule has 3 nitrogen and oxygen atoms in total. The van der Waals surface area contributed by atoms with E-state index in [1.165, 1.54) is 6.92 Å². The summed E-state index contributed by atoms with van der Waals surface area (Å²) in [6.45, 7) is 5.62. The van der Waals surface area contributed by atoms with E-state index in [4.69, 9.17) is 0 Å². The number of fused-ring (bicyclic) bond motifs is 5. The number of carbonyl (C=O) groups is 2. The standard InChI is InChI=1S/C22H32F2O3/c1-12(25)22(27)9-6-17-14-11-15(19(23)24)18-10-13(26)4-7-20(18,2)16(14)5-8-21(17,22)3/h14-19,27H,4-11H2,1-3H3/t14-,15+,16+,17+,18-,20-,21+,22+/m1/s1. The van der Waals surface area contributed by atoms with Crippen molar-refractivity contribution in [2.24, 2.45) is 40.4 Å². The lowest BCUT2D eigenvalue weighted by Crippen LogP contribution is -2.60. The largest absolute Gasteiger partial charge is 0.382 e. The summed E-state index contributed by atoms with van der Waals surface area (Å²) in [5, 5.41) is 11.2. The lowest BCUT2D eigenvalue weighted by Gasteiger charge is -2.62. The van der Waals surface area contributed by atoms with Gasteiger partial charge in [0.15, 0.2) is 5.78 Å². The molecule has 0 radical (unpaired) electrons. The van der Waals surface area contributed by atoms with Gasteiger partial charge in [-0.2, -0.15) is 0 Å². The molecule has 8 atom stereocenters. The van der Waals surface area contributed by atoms with Crippen LogP contribution in [0.25, 0.3) is 0 Å². The normalized spacial score (nSPS) is 52.3. The first-order chi connectivity index (χ1) is 12.5. The molecule has 0 bridgehead atoms. The van der Waals surface area contributed by atoms with Crippen LogP contribution in [0.4, 0.5) is 8.78 Å². The maximum absolute atomic E-state index is 14.1. The van der Waals surface area contributed by atoms with Crippen molar-refractivity contribution in [3.63, 3.8) is 0 Å². The van der Waals surface area contributed by atoms with Crippen molar-refractivity contribution in [3.05, 3.63) is 0 Å². The Morgan fingerprint density at radius 3 is 2.41 bits per heavy atom. The minimum absolute atomic E-state index is 0.113. The van der Waals surface area contributed by atoms with Gasteiger partial charge in [0.05, 0.1) is 0 Å². The number of Topliss-reactive ketones (excluding diaryl/α,β-unsaturated/α-hetero) is 2. The van der Waals surface area contributed by atoms with Gasteiger partial charge in [-0.15, -0.1) is 0 Å². The molecule has 0 aromatic carbocycles. The van der Waals surface area contributed by atoms with Crippen molar-refractivity contribution in [2.45, 2.75) is 84.2 Å². The quantitative estimate of drug-likeness (QED) is 0.770. The minimum atomic E-state index is -2.41. The third kappa shape index (κ3) is 2.45. The number of carbonyl (C=O) groups excluding carboxylic acids is 2. The Kier molecular flexibility index (Phi) is 4.38. The minimum Gasteiger partial charge on any atom is -0.382 e. The summed E-state index contributed by atoms with van der Waals surface area (Å²) in [4.78, 5) is 24.3. The highest BCUT2D eigenvalue weighted by molar-refractivity contribution is 5.86. The highest BCUT2D eigenvalue weighted by atomic mass is 19.3. The van der Waals surface area contributed by atoms with E-state index in [2.05, 4.69) is 6.92 Å². The second kappa shape index (κ2) is 6.08. The highest BCUT2D eigenvalue weighted by Gasteiger charge is 2.67. The van der Waals surface area contributed by atoms with Gasteiger partial charge in [-0.1, -0.05) is 13.8 Å². The Labute approximate surface area is 160 Å². The summed E-state index contributed by atoms with van der Waals surface area (Å²) in [5.74, 6) is -0.467. The fraction of sp³-hybridized carbons (Fsp3) is 0.909. The summed E-state index contributed by atoms with van der Waals surface area (Å²) in [7, 11) is 0. The second-order valence-electron chi connectivity index (χ2n) is 10.4. The highest BCUT2D eigenvalue weighted by Crippen LogP contribution is 2.69. The number of rotatable bonds is 2. The van der Waals surface area contributed by atoms with E-state index < -0.39 is 23.4 Å². The SMILES string of the molecule is CC(=O)[C@@]1(O)CC[C@H]2[C@@H]3C[C@H](C(F)F)[C@H]4CC(=O)CC[C@]4(C)[C@H]3CC[C@@]21C. The molecule has 4 aliphatic carbocycles. The van der Waals surface area contributed by atoms with Gasteiger partial charge in [-0.3, -0.25) is 9.59 Å². The van der Waals surface area contributed by atoms with Crippen LogP contribution in [0.3, 0.4) is 0 Å². The van der Waals surface area contributed by atoms with Crippen molar-refractivity contribution in [1.82, 2.24) is 0 Å². The zero-order chi connectivity index (χ0) is 19.8. The van der Waals surface area contributed by atoms with Gasteiger partial charge < -0.3 is 5.11 Å². The van der Waals surface area contributed by atoms with Gasteiger partial charge in [-0.05, 0) is 74.5 Å². The van der Waals surface area contributed by atoms with E-state index in [0.29, 0.717) is 38.0 Å². The fourth-order valence-electron chi connectivity index (χ4n) is 8.06. The van der Waals surface area contributed by atoms with Gasteiger partial charge in [0.25, 0.3) is 0 Å². The molecule has 4 aliphatic rings. The van der Waals surface area contributed by atoms with Crippen LogP contribution in [-0.2, 0) is 9.59 Å². The average molecular weight is 382 g/mol. The summed E-state index contributed by atoms with van der Waals surface area (Å²) in [5.41, 5.74) is -2.06. The van der Waals surface area contributed by atoms with E-state index in [1.54, 1.807) is 0 Å². The second-order valence-corrected chi connectivity index (χ2v) is 10.4. The first-order valence-corrected chi connectivity index (χ1v) is 10.6. The van der Waals surface area contributed by atoms with E-state index in [1.807, 2.05) is 6.92 Å². The van der Waals surface area contributed by atoms with Crippen molar-refractivity contribution in [1.29, 1.82) is 0 Å². The summed E-state index contributed by atoms with van der Waals surface area (Å²) in [6, 6.07) is 0. The molecule has 0 aromatic rings. The molecule has 27 heavy (non-hydrogen) atoms. The predicted octanol–water partition coefficient (Wildman–Crippen LogP) is 4.41. The van der Waals surface area contributed by atoms with Gasteiger partial charge in [0.1, 0.15) is 11.4 Å². The lowest BCUT2D eigenvalue weighted by molar-refractivity contribution is -0.185. The predicted molar refractivity (Wildman–Crippen MR) is 97.2 cm³/mol. The zero-order valence-corrected chi connectivity index (χ0v) is 16.6. The number of alkyl halides is 2. The Morgan fingerprint density at radius 1 is 1.11 bits per heavy atom. The molecular formula is C22H32F2O3. The van der Waals surface area contributed by atoms with Crippen molar-refractivity contribution >= 4 is 11.6 Å². The molecule has 0 aromatic heterocycles. The number of ketones is 2. The van der Waals surface area contributed by atoms with Crippen LogP contribution in [0.5, 0.6) is 0 Å². The zero-order valence-electron chi connectivity index (χ0n) is 16.6. The Bertz CT molecular complexity index is 664. The molecular weight excluding hydrogens is 350 g/mol.